The standard InChI is InChI=1S/C14H21NO/c1-10(2)6-9-14(16)13-5-3-4-12(15-13)11-7-8-11/h3-5,10-11,14,16H,6-9H2,1-2H3/t14-/m0/s1. The lowest BCUT2D eigenvalue weighted by Gasteiger charge is -2.12. The van der Waals surface area contributed by atoms with Crippen molar-refractivity contribution in [3.8, 4) is 0 Å². The second-order valence-electron chi connectivity index (χ2n) is 5.25. The number of hydrogen-bond acceptors (Lipinski definition) is 2. The highest BCUT2D eigenvalue weighted by molar-refractivity contribution is 5.19. The molecule has 0 bridgehead atoms. The van der Waals surface area contributed by atoms with Crippen molar-refractivity contribution in [1.29, 1.82) is 0 Å². The van der Waals surface area contributed by atoms with Crippen LogP contribution in [0.3, 0.4) is 0 Å². The molecule has 2 nitrogen and oxygen atoms in total. The summed E-state index contributed by atoms with van der Waals surface area (Å²) in [5.74, 6) is 1.30. The van der Waals surface area contributed by atoms with Crippen LogP contribution in [0, 0.1) is 5.92 Å². The first kappa shape index (κ1) is 11.6. The van der Waals surface area contributed by atoms with Crippen LogP contribution in [0.15, 0.2) is 18.2 Å². The normalized spacial score (nSPS) is 17.8. The van der Waals surface area contributed by atoms with Gasteiger partial charge in [0.2, 0.25) is 0 Å². The highest BCUT2D eigenvalue weighted by Gasteiger charge is 2.25. The van der Waals surface area contributed by atoms with Crippen molar-refractivity contribution in [1.82, 2.24) is 4.98 Å². The topological polar surface area (TPSA) is 33.1 Å². The number of nitrogens with zero attached hydrogens (tertiary/aromatic N) is 1. The molecule has 1 N–H and O–H groups in total. The van der Waals surface area contributed by atoms with Crippen molar-refractivity contribution in [3.05, 3.63) is 29.6 Å². The maximum Gasteiger partial charge on any atom is 0.0960 e. The van der Waals surface area contributed by atoms with E-state index in [1.165, 1.54) is 18.5 Å². The molecule has 1 aliphatic carbocycles. The van der Waals surface area contributed by atoms with Crippen LogP contribution in [0.1, 0.15) is 62.9 Å². The van der Waals surface area contributed by atoms with Crippen LogP contribution in [0.25, 0.3) is 0 Å². The van der Waals surface area contributed by atoms with E-state index in [-0.39, 0.29) is 6.10 Å². The SMILES string of the molecule is CC(C)CC[C@H](O)c1cccc(C2CC2)n1. The zero-order chi connectivity index (χ0) is 11.5. The van der Waals surface area contributed by atoms with Crippen LogP contribution in [0.2, 0.25) is 0 Å². The Kier molecular flexibility index (Phi) is 3.59. The molecule has 1 fully saturated rings. The second kappa shape index (κ2) is 4.96. The van der Waals surface area contributed by atoms with Gasteiger partial charge >= 0.3 is 0 Å². The fraction of sp³-hybridized carbons (Fsp3) is 0.643. The number of hydrogen-bond donors (Lipinski definition) is 1. The molecule has 0 aliphatic heterocycles. The maximum atomic E-state index is 10.0. The Morgan fingerprint density at radius 2 is 2.06 bits per heavy atom. The van der Waals surface area contributed by atoms with E-state index in [1.807, 2.05) is 12.1 Å². The van der Waals surface area contributed by atoms with Crippen molar-refractivity contribution >= 4 is 0 Å². The van der Waals surface area contributed by atoms with Gasteiger partial charge in [0, 0.05) is 11.6 Å². The van der Waals surface area contributed by atoms with Crippen LogP contribution in [0.5, 0.6) is 0 Å². The summed E-state index contributed by atoms with van der Waals surface area (Å²) in [5.41, 5.74) is 2.02. The van der Waals surface area contributed by atoms with Gasteiger partial charge in [-0.25, -0.2) is 0 Å². The van der Waals surface area contributed by atoms with Gasteiger partial charge in [0.15, 0.2) is 0 Å². The fourth-order valence-electron chi connectivity index (χ4n) is 1.90. The lowest BCUT2D eigenvalue weighted by atomic mass is 10.0. The van der Waals surface area contributed by atoms with Crippen molar-refractivity contribution in [2.24, 2.45) is 5.92 Å². The van der Waals surface area contributed by atoms with Gasteiger partial charge in [0.05, 0.1) is 11.8 Å². The van der Waals surface area contributed by atoms with Crippen LogP contribution in [0.4, 0.5) is 0 Å². The minimum Gasteiger partial charge on any atom is -0.387 e. The molecule has 0 amide bonds. The van der Waals surface area contributed by atoms with Crippen LogP contribution < -0.4 is 0 Å². The van der Waals surface area contributed by atoms with E-state index in [1.54, 1.807) is 0 Å². The summed E-state index contributed by atoms with van der Waals surface area (Å²) in [7, 11) is 0. The molecule has 1 aromatic heterocycles. The third-order valence-corrected chi connectivity index (χ3v) is 3.15. The lowest BCUT2D eigenvalue weighted by Crippen LogP contribution is -2.03. The van der Waals surface area contributed by atoms with E-state index < -0.39 is 0 Å². The van der Waals surface area contributed by atoms with Crippen LogP contribution >= 0.6 is 0 Å². The van der Waals surface area contributed by atoms with Gasteiger partial charge < -0.3 is 5.11 Å². The van der Waals surface area contributed by atoms with Crippen LogP contribution in [-0.2, 0) is 0 Å². The number of rotatable bonds is 5. The van der Waals surface area contributed by atoms with Gasteiger partial charge in [-0.15, -0.1) is 0 Å². The smallest absolute Gasteiger partial charge is 0.0960 e. The molecule has 0 spiro atoms. The Morgan fingerprint density at radius 3 is 2.69 bits per heavy atom. The summed E-state index contributed by atoms with van der Waals surface area (Å²) < 4.78 is 0. The van der Waals surface area contributed by atoms with Crippen molar-refractivity contribution in [2.45, 2.75) is 51.6 Å². The average molecular weight is 219 g/mol. The molecule has 0 radical (unpaired) electrons. The molecule has 1 saturated carbocycles. The Morgan fingerprint density at radius 1 is 1.31 bits per heavy atom. The van der Waals surface area contributed by atoms with E-state index in [2.05, 4.69) is 24.9 Å². The van der Waals surface area contributed by atoms with E-state index >= 15 is 0 Å². The Balaban J connectivity index is 1.98. The minimum absolute atomic E-state index is 0.388. The van der Waals surface area contributed by atoms with Gasteiger partial charge in [-0.1, -0.05) is 19.9 Å². The fourth-order valence-corrected chi connectivity index (χ4v) is 1.90. The molecule has 0 saturated heterocycles. The van der Waals surface area contributed by atoms with Gasteiger partial charge in [-0.2, -0.15) is 0 Å². The Labute approximate surface area is 97.7 Å². The van der Waals surface area contributed by atoms with Gasteiger partial charge in [0.1, 0.15) is 0 Å². The summed E-state index contributed by atoms with van der Waals surface area (Å²) in [4.78, 5) is 4.56. The van der Waals surface area contributed by atoms with Gasteiger partial charge in [-0.05, 0) is 43.7 Å². The Hall–Kier alpha value is -0.890. The van der Waals surface area contributed by atoms with Gasteiger partial charge in [-0.3, -0.25) is 4.98 Å². The number of aromatic nitrogens is 1. The molecule has 88 valence electrons. The summed E-state index contributed by atoms with van der Waals surface area (Å²) in [6.45, 7) is 4.36. The van der Waals surface area contributed by atoms with Crippen molar-refractivity contribution in [2.75, 3.05) is 0 Å². The molecule has 16 heavy (non-hydrogen) atoms. The molecular weight excluding hydrogens is 198 g/mol. The third-order valence-electron chi connectivity index (χ3n) is 3.15. The molecular formula is C14H21NO. The minimum atomic E-state index is -0.388. The number of aliphatic hydroxyl groups excluding tert-OH is 1. The largest absolute Gasteiger partial charge is 0.387 e. The van der Waals surface area contributed by atoms with Crippen molar-refractivity contribution < 1.29 is 5.11 Å². The number of pyridine rings is 1. The molecule has 1 aliphatic rings. The molecule has 1 atom stereocenters. The molecule has 2 heteroatoms. The second-order valence-corrected chi connectivity index (χ2v) is 5.25. The summed E-state index contributed by atoms with van der Waals surface area (Å²) in [6.07, 6.45) is 4.01. The predicted octanol–water partition coefficient (Wildman–Crippen LogP) is 3.43. The van der Waals surface area contributed by atoms with E-state index in [0.717, 1.165) is 18.5 Å². The van der Waals surface area contributed by atoms with Crippen molar-refractivity contribution in [3.63, 3.8) is 0 Å². The van der Waals surface area contributed by atoms with Gasteiger partial charge in [0.25, 0.3) is 0 Å². The first-order valence-electron chi connectivity index (χ1n) is 6.31. The highest BCUT2D eigenvalue weighted by Crippen LogP contribution is 2.39. The molecule has 0 aromatic carbocycles. The first-order chi connectivity index (χ1) is 7.66. The number of aliphatic hydroxyl groups is 1. The summed E-state index contributed by atoms with van der Waals surface area (Å²) in [5, 5.41) is 10.0. The highest BCUT2D eigenvalue weighted by atomic mass is 16.3. The maximum absolute atomic E-state index is 10.0. The average Bonchev–Trinajstić information content (AvgIpc) is 3.10. The molecule has 1 aromatic rings. The summed E-state index contributed by atoms with van der Waals surface area (Å²) in [6, 6.07) is 6.04. The zero-order valence-electron chi connectivity index (χ0n) is 10.2. The lowest BCUT2D eigenvalue weighted by molar-refractivity contribution is 0.154. The third kappa shape index (κ3) is 3.05. The monoisotopic (exact) mass is 219 g/mol. The molecule has 2 rings (SSSR count). The van der Waals surface area contributed by atoms with Crippen LogP contribution in [-0.4, -0.2) is 10.1 Å². The molecule has 1 heterocycles. The van der Waals surface area contributed by atoms with E-state index in [9.17, 15) is 5.11 Å². The quantitative estimate of drug-likeness (QED) is 0.823. The first-order valence-corrected chi connectivity index (χ1v) is 6.31. The Bertz CT molecular complexity index is 344. The van der Waals surface area contributed by atoms with E-state index in [4.69, 9.17) is 0 Å². The van der Waals surface area contributed by atoms with E-state index in [0.29, 0.717) is 11.8 Å². The zero-order valence-corrected chi connectivity index (χ0v) is 10.2. The molecule has 0 unspecified atom stereocenters. The summed E-state index contributed by atoms with van der Waals surface area (Å²) >= 11 is 0. The predicted molar refractivity (Wildman–Crippen MR) is 65.2 cm³/mol.